The lowest BCUT2D eigenvalue weighted by Gasteiger charge is -2.20. The summed E-state index contributed by atoms with van der Waals surface area (Å²) in [5.41, 5.74) is 0. The molecule has 1 atom stereocenters. The highest BCUT2D eigenvalue weighted by Crippen LogP contribution is 2.32. The van der Waals surface area contributed by atoms with Gasteiger partial charge in [0, 0.05) is 25.8 Å². The summed E-state index contributed by atoms with van der Waals surface area (Å²) in [6.07, 6.45) is 2.52. The second-order valence-electron chi connectivity index (χ2n) is 4.13. The number of likely N-dealkylation sites (N-methyl/N-ethyl adjacent to an activating group) is 1. The Kier molecular flexibility index (Phi) is 5.47. The maximum atomic E-state index is 11.6. The van der Waals surface area contributed by atoms with Crippen molar-refractivity contribution in [2.24, 2.45) is 5.92 Å². The molecule has 4 heteroatoms. The van der Waals surface area contributed by atoms with Crippen LogP contribution in [0.2, 0.25) is 0 Å². The second kappa shape index (κ2) is 6.38. The van der Waals surface area contributed by atoms with Crippen molar-refractivity contribution in [3.05, 3.63) is 0 Å². The maximum Gasteiger partial charge on any atom is 0.223 e. The smallest absolute Gasteiger partial charge is 0.223 e. The Balaban J connectivity index is 2.13. The third kappa shape index (κ3) is 4.89. The van der Waals surface area contributed by atoms with Gasteiger partial charge < -0.3 is 10.0 Å². The molecule has 1 rings (SSSR count). The molecule has 0 aliphatic heterocycles. The average Bonchev–Trinajstić information content (AvgIpc) is 3.00. The fourth-order valence-electron chi connectivity index (χ4n) is 1.51. The van der Waals surface area contributed by atoms with Gasteiger partial charge in [-0.2, -0.15) is 11.8 Å². The molecule has 15 heavy (non-hydrogen) atoms. The lowest BCUT2D eigenvalue weighted by atomic mass is 10.2. The van der Waals surface area contributed by atoms with Crippen molar-refractivity contribution in [3.8, 4) is 0 Å². The number of carbonyl (C=O) groups is 1. The number of aliphatic hydroxyl groups is 1. The van der Waals surface area contributed by atoms with Crippen LogP contribution < -0.4 is 0 Å². The van der Waals surface area contributed by atoms with Gasteiger partial charge in [0.1, 0.15) is 0 Å². The highest BCUT2D eigenvalue weighted by molar-refractivity contribution is 7.99. The molecule has 0 heterocycles. The van der Waals surface area contributed by atoms with Crippen LogP contribution in [0.1, 0.15) is 26.2 Å². The van der Waals surface area contributed by atoms with Crippen LogP contribution in [-0.4, -0.2) is 47.1 Å². The van der Waals surface area contributed by atoms with E-state index < -0.39 is 0 Å². The quantitative estimate of drug-likeness (QED) is 0.673. The zero-order chi connectivity index (χ0) is 11.3. The first-order chi connectivity index (χ1) is 7.15. The van der Waals surface area contributed by atoms with E-state index in [2.05, 4.69) is 6.92 Å². The summed E-state index contributed by atoms with van der Waals surface area (Å²) in [6.45, 7) is 2.59. The predicted molar refractivity (Wildman–Crippen MR) is 64.0 cm³/mol. The Morgan fingerprint density at radius 2 is 2.27 bits per heavy atom. The molecule has 1 saturated carbocycles. The van der Waals surface area contributed by atoms with E-state index in [0.29, 0.717) is 18.9 Å². The van der Waals surface area contributed by atoms with E-state index in [1.54, 1.807) is 23.7 Å². The minimum Gasteiger partial charge on any atom is -0.391 e. The summed E-state index contributed by atoms with van der Waals surface area (Å²) in [5, 5.41) is 9.68. The second-order valence-corrected chi connectivity index (χ2v) is 5.52. The number of aliphatic hydroxyl groups excluding tert-OH is 1. The van der Waals surface area contributed by atoms with Crippen molar-refractivity contribution in [2.45, 2.75) is 32.3 Å². The van der Waals surface area contributed by atoms with E-state index in [4.69, 9.17) is 0 Å². The number of thioether (sulfide) groups is 1. The number of hydrogen-bond donors (Lipinski definition) is 1. The summed E-state index contributed by atoms with van der Waals surface area (Å²) >= 11 is 1.78. The fraction of sp³-hybridized carbons (Fsp3) is 0.909. The van der Waals surface area contributed by atoms with E-state index in [-0.39, 0.29) is 12.0 Å². The number of nitrogens with zero attached hydrogens (tertiary/aromatic N) is 1. The Bertz CT molecular complexity index is 207. The van der Waals surface area contributed by atoms with Crippen LogP contribution in [0.5, 0.6) is 0 Å². The molecule has 0 saturated heterocycles. The Morgan fingerprint density at radius 1 is 1.60 bits per heavy atom. The summed E-state index contributed by atoms with van der Waals surface area (Å²) < 4.78 is 0. The molecule has 0 aromatic carbocycles. The van der Waals surface area contributed by atoms with E-state index in [1.807, 2.05) is 0 Å². The standard InChI is InChI=1S/C11H21NO2S/c1-3-15-7-6-11(14)12(2)8-10(13)9-4-5-9/h9-10,13H,3-8H2,1-2H3. The van der Waals surface area contributed by atoms with Crippen LogP contribution in [0.3, 0.4) is 0 Å². The molecule has 1 fully saturated rings. The van der Waals surface area contributed by atoms with Gasteiger partial charge >= 0.3 is 0 Å². The van der Waals surface area contributed by atoms with E-state index >= 15 is 0 Å². The van der Waals surface area contributed by atoms with E-state index in [1.165, 1.54) is 0 Å². The zero-order valence-corrected chi connectivity index (χ0v) is 10.4. The highest BCUT2D eigenvalue weighted by atomic mass is 32.2. The molecule has 0 spiro atoms. The maximum absolute atomic E-state index is 11.6. The molecule has 3 nitrogen and oxygen atoms in total. The van der Waals surface area contributed by atoms with Crippen LogP contribution in [0, 0.1) is 5.92 Å². The van der Waals surface area contributed by atoms with E-state index in [9.17, 15) is 9.90 Å². The molecule has 88 valence electrons. The minimum atomic E-state index is -0.308. The van der Waals surface area contributed by atoms with E-state index in [0.717, 1.165) is 24.3 Å². The van der Waals surface area contributed by atoms with Gasteiger partial charge in [-0.05, 0) is 24.5 Å². The molecule has 1 amide bonds. The topological polar surface area (TPSA) is 40.5 Å². The van der Waals surface area contributed by atoms with Gasteiger partial charge in [0.05, 0.1) is 6.10 Å². The number of carbonyl (C=O) groups excluding carboxylic acids is 1. The normalized spacial score (nSPS) is 17.5. The van der Waals surface area contributed by atoms with Crippen molar-refractivity contribution in [3.63, 3.8) is 0 Å². The monoisotopic (exact) mass is 231 g/mol. The number of amides is 1. The van der Waals surface area contributed by atoms with Gasteiger partial charge in [0.2, 0.25) is 5.91 Å². The molecule has 0 bridgehead atoms. The van der Waals surface area contributed by atoms with Crippen molar-refractivity contribution in [1.29, 1.82) is 0 Å². The van der Waals surface area contributed by atoms with Crippen LogP contribution in [0.15, 0.2) is 0 Å². The number of rotatable bonds is 7. The largest absolute Gasteiger partial charge is 0.391 e. The molecule has 0 radical (unpaired) electrons. The predicted octanol–water partition coefficient (Wildman–Crippen LogP) is 1.36. The van der Waals surface area contributed by atoms with Crippen LogP contribution >= 0.6 is 11.8 Å². The Hall–Kier alpha value is -0.220. The highest BCUT2D eigenvalue weighted by Gasteiger charge is 2.30. The Morgan fingerprint density at radius 3 is 2.80 bits per heavy atom. The molecule has 0 aromatic rings. The lowest BCUT2D eigenvalue weighted by Crippen LogP contribution is -2.35. The molecular formula is C11H21NO2S. The third-order valence-corrected chi connectivity index (χ3v) is 3.62. The summed E-state index contributed by atoms with van der Waals surface area (Å²) in [6, 6.07) is 0. The van der Waals surface area contributed by atoms with Crippen molar-refractivity contribution < 1.29 is 9.90 Å². The van der Waals surface area contributed by atoms with Gasteiger partial charge in [-0.25, -0.2) is 0 Å². The summed E-state index contributed by atoms with van der Waals surface area (Å²) in [7, 11) is 1.78. The average molecular weight is 231 g/mol. The molecular weight excluding hydrogens is 210 g/mol. The van der Waals surface area contributed by atoms with Crippen LogP contribution in [0.25, 0.3) is 0 Å². The zero-order valence-electron chi connectivity index (χ0n) is 9.61. The first-order valence-electron chi connectivity index (χ1n) is 5.65. The van der Waals surface area contributed by atoms with Crippen LogP contribution in [-0.2, 0) is 4.79 Å². The van der Waals surface area contributed by atoms with Gasteiger partial charge in [0.15, 0.2) is 0 Å². The first kappa shape index (κ1) is 12.8. The lowest BCUT2D eigenvalue weighted by molar-refractivity contribution is -0.130. The van der Waals surface area contributed by atoms with Gasteiger partial charge in [-0.3, -0.25) is 4.79 Å². The summed E-state index contributed by atoms with van der Waals surface area (Å²) in [4.78, 5) is 13.3. The van der Waals surface area contributed by atoms with Crippen molar-refractivity contribution >= 4 is 17.7 Å². The molecule has 0 aromatic heterocycles. The summed E-state index contributed by atoms with van der Waals surface area (Å²) in [5.74, 6) is 2.54. The van der Waals surface area contributed by atoms with Crippen LogP contribution in [0.4, 0.5) is 0 Å². The molecule has 1 N–H and O–H groups in total. The third-order valence-electron chi connectivity index (χ3n) is 2.72. The SMILES string of the molecule is CCSCCC(=O)N(C)CC(O)C1CC1. The van der Waals surface area contributed by atoms with Crippen molar-refractivity contribution in [2.75, 3.05) is 25.1 Å². The fourth-order valence-corrected chi connectivity index (χ4v) is 2.11. The molecule has 1 aliphatic carbocycles. The minimum absolute atomic E-state index is 0.149. The first-order valence-corrected chi connectivity index (χ1v) is 6.80. The van der Waals surface area contributed by atoms with Crippen molar-refractivity contribution in [1.82, 2.24) is 4.90 Å². The molecule has 1 unspecified atom stereocenters. The van der Waals surface area contributed by atoms with Gasteiger partial charge in [-0.1, -0.05) is 6.92 Å². The molecule has 1 aliphatic rings. The number of hydrogen-bond acceptors (Lipinski definition) is 3. The van der Waals surface area contributed by atoms with Gasteiger partial charge in [-0.15, -0.1) is 0 Å². The Labute approximate surface area is 96.2 Å². The van der Waals surface area contributed by atoms with Gasteiger partial charge in [0.25, 0.3) is 0 Å².